The lowest BCUT2D eigenvalue weighted by Gasteiger charge is -2.26. The summed E-state index contributed by atoms with van der Waals surface area (Å²) in [6.07, 6.45) is 1.05. The van der Waals surface area contributed by atoms with Crippen LogP contribution in [-0.2, 0) is 4.74 Å². The number of methoxy groups -OCH3 is 3. The van der Waals surface area contributed by atoms with E-state index in [4.69, 9.17) is 18.9 Å². The molecule has 0 aromatic heterocycles. The molecule has 118 valence electrons. The van der Waals surface area contributed by atoms with Gasteiger partial charge in [0.1, 0.15) is 5.75 Å². The largest absolute Gasteiger partial charge is 0.496 e. The number of hydrogen-bond acceptors (Lipinski definition) is 5. The molecule has 0 aliphatic carbocycles. The van der Waals surface area contributed by atoms with Gasteiger partial charge in [-0.2, -0.15) is 0 Å². The van der Waals surface area contributed by atoms with Gasteiger partial charge < -0.3 is 24.3 Å². The average molecular weight is 295 g/mol. The molecule has 1 N–H and O–H groups in total. The third-order valence-corrected chi connectivity index (χ3v) is 3.93. The van der Waals surface area contributed by atoms with Crippen LogP contribution in [0.3, 0.4) is 0 Å². The second kappa shape index (κ2) is 7.52. The molecule has 1 fully saturated rings. The molecule has 1 heterocycles. The molecule has 1 saturated heterocycles. The van der Waals surface area contributed by atoms with E-state index in [1.165, 1.54) is 0 Å². The first-order chi connectivity index (χ1) is 10.2. The van der Waals surface area contributed by atoms with Crippen LogP contribution in [0.1, 0.15) is 24.9 Å². The van der Waals surface area contributed by atoms with Gasteiger partial charge in [0.2, 0.25) is 0 Å². The second-order valence-electron chi connectivity index (χ2n) is 5.11. The molecule has 1 aliphatic rings. The van der Waals surface area contributed by atoms with E-state index in [0.29, 0.717) is 11.7 Å². The van der Waals surface area contributed by atoms with Gasteiger partial charge in [-0.05, 0) is 19.0 Å². The van der Waals surface area contributed by atoms with E-state index in [9.17, 15) is 0 Å². The zero-order valence-electron chi connectivity index (χ0n) is 13.3. The minimum atomic E-state index is 0.187. The standard InChI is InChI=1S/C16H25NO4/c1-5-17-16(11-6-7-21-10-11)12-8-14(19-3)15(20-4)9-13(12)18-2/h8-9,11,16-17H,5-7,10H2,1-4H3. The molecular formula is C16H25NO4. The Hall–Kier alpha value is -1.46. The number of nitrogens with one attached hydrogen (secondary N) is 1. The summed E-state index contributed by atoms with van der Waals surface area (Å²) in [7, 11) is 4.96. The predicted octanol–water partition coefficient (Wildman–Crippen LogP) is 2.40. The van der Waals surface area contributed by atoms with E-state index >= 15 is 0 Å². The number of hydrogen-bond donors (Lipinski definition) is 1. The first-order valence-electron chi connectivity index (χ1n) is 7.36. The SMILES string of the molecule is CCNC(c1cc(OC)c(OC)cc1OC)C1CCOC1. The average Bonchev–Trinajstić information content (AvgIpc) is 3.05. The maximum Gasteiger partial charge on any atom is 0.164 e. The summed E-state index contributed by atoms with van der Waals surface area (Å²) in [5.74, 6) is 2.65. The Morgan fingerprint density at radius 3 is 2.33 bits per heavy atom. The van der Waals surface area contributed by atoms with Gasteiger partial charge in [-0.25, -0.2) is 0 Å². The van der Waals surface area contributed by atoms with Crippen molar-refractivity contribution in [2.75, 3.05) is 41.1 Å². The Kier molecular flexibility index (Phi) is 5.70. The van der Waals surface area contributed by atoms with Crippen LogP contribution in [0.15, 0.2) is 12.1 Å². The fourth-order valence-electron chi connectivity index (χ4n) is 2.86. The van der Waals surface area contributed by atoms with Crippen molar-refractivity contribution < 1.29 is 18.9 Å². The highest BCUT2D eigenvalue weighted by Crippen LogP contribution is 2.40. The molecule has 0 saturated carbocycles. The molecule has 2 rings (SSSR count). The third-order valence-electron chi connectivity index (χ3n) is 3.93. The van der Waals surface area contributed by atoms with Crippen LogP contribution in [0, 0.1) is 5.92 Å². The van der Waals surface area contributed by atoms with Gasteiger partial charge in [-0.1, -0.05) is 6.92 Å². The minimum absolute atomic E-state index is 0.187. The van der Waals surface area contributed by atoms with E-state index in [2.05, 4.69) is 12.2 Å². The Morgan fingerprint density at radius 1 is 1.14 bits per heavy atom. The molecule has 2 unspecified atom stereocenters. The summed E-state index contributed by atoms with van der Waals surface area (Å²) in [5.41, 5.74) is 1.09. The van der Waals surface area contributed by atoms with Crippen LogP contribution >= 0.6 is 0 Å². The predicted molar refractivity (Wildman–Crippen MR) is 81.4 cm³/mol. The topological polar surface area (TPSA) is 49.0 Å². The van der Waals surface area contributed by atoms with Gasteiger partial charge in [-0.15, -0.1) is 0 Å². The van der Waals surface area contributed by atoms with Crippen LogP contribution in [0.4, 0.5) is 0 Å². The van der Waals surface area contributed by atoms with Crippen molar-refractivity contribution in [3.8, 4) is 17.2 Å². The Morgan fingerprint density at radius 2 is 1.81 bits per heavy atom. The summed E-state index contributed by atoms with van der Waals surface area (Å²) in [4.78, 5) is 0. The normalized spacial score (nSPS) is 19.3. The van der Waals surface area contributed by atoms with Gasteiger partial charge in [0.15, 0.2) is 11.5 Å². The van der Waals surface area contributed by atoms with Crippen molar-refractivity contribution in [1.29, 1.82) is 0 Å². The second-order valence-corrected chi connectivity index (χ2v) is 5.11. The van der Waals surface area contributed by atoms with Crippen molar-refractivity contribution in [1.82, 2.24) is 5.32 Å². The summed E-state index contributed by atoms with van der Waals surface area (Å²) in [6, 6.07) is 4.07. The van der Waals surface area contributed by atoms with Crippen LogP contribution in [-0.4, -0.2) is 41.1 Å². The molecule has 2 atom stereocenters. The number of rotatable bonds is 7. The molecular weight excluding hydrogens is 270 g/mol. The zero-order valence-corrected chi connectivity index (χ0v) is 13.3. The van der Waals surface area contributed by atoms with Crippen LogP contribution in [0.25, 0.3) is 0 Å². The van der Waals surface area contributed by atoms with Gasteiger partial charge >= 0.3 is 0 Å². The van der Waals surface area contributed by atoms with Crippen molar-refractivity contribution in [3.05, 3.63) is 17.7 Å². The molecule has 5 heteroatoms. The quantitative estimate of drug-likeness (QED) is 0.837. The van der Waals surface area contributed by atoms with Crippen molar-refractivity contribution in [2.45, 2.75) is 19.4 Å². The van der Waals surface area contributed by atoms with Crippen LogP contribution in [0.5, 0.6) is 17.2 Å². The Labute approximate surface area is 126 Å². The van der Waals surface area contributed by atoms with E-state index in [1.807, 2.05) is 12.1 Å². The smallest absolute Gasteiger partial charge is 0.164 e. The zero-order chi connectivity index (χ0) is 15.2. The lowest BCUT2D eigenvalue weighted by atomic mass is 9.91. The molecule has 0 radical (unpaired) electrons. The highest BCUT2D eigenvalue weighted by molar-refractivity contribution is 5.52. The van der Waals surface area contributed by atoms with Crippen LogP contribution < -0.4 is 19.5 Å². The van der Waals surface area contributed by atoms with E-state index < -0.39 is 0 Å². The van der Waals surface area contributed by atoms with Crippen molar-refractivity contribution in [3.63, 3.8) is 0 Å². The first kappa shape index (κ1) is 15.9. The number of benzene rings is 1. The van der Waals surface area contributed by atoms with E-state index in [1.54, 1.807) is 21.3 Å². The highest BCUT2D eigenvalue weighted by Gasteiger charge is 2.29. The van der Waals surface area contributed by atoms with Crippen molar-refractivity contribution in [2.24, 2.45) is 5.92 Å². The fourth-order valence-corrected chi connectivity index (χ4v) is 2.86. The maximum atomic E-state index is 5.56. The van der Waals surface area contributed by atoms with Crippen molar-refractivity contribution >= 4 is 0 Å². The minimum Gasteiger partial charge on any atom is -0.496 e. The van der Waals surface area contributed by atoms with Gasteiger partial charge in [0.25, 0.3) is 0 Å². The van der Waals surface area contributed by atoms with Crippen LogP contribution in [0.2, 0.25) is 0 Å². The Bertz CT molecular complexity index is 458. The lowest BCUT2D eigenvalue weighted by molar-refractivity contribution is 0.176. The van der Waals surface area contributed by atoms with E-state index in [0.717, 1.165) is 43.2 Å². The summed E-state index contributed by atoms with van der Waals surface area (Å²) < 4.78 is 21.9. The molecule has 1 aromatic carbocycles. The third kappa shape index (κ3) is 3.41. The lowest BCUT2D eigenvalue weighted by Crippen LogP contribution is -2.29. The summed E-state index contributed by atoms with van der Waals surface area (Å²) in [5, 5.41) is 3.55. The number of ether oxygens (including phenoxy) is 4. The molecule has 1 aliphatic heterocycles. The molecule has 21 heavy (non-hydrogen) atoms. The van der Waals surface area contributed by atoms with Gasteiger partial charge in [-0.3, -0.25) is 0 Å². The van der Waals surface area contributed by atoms with E-state index in [-0.39, 0.29) is 6.04 Å². The maximum absolute atomic E-state index is 5.56. The molecule has 1 aromatic rings. The Balaban J connectivity index is 2.41. The fraction of sp³-hybridized carbons (Fsp3) is 0.625. The first-order valence-corrected chi connectivity index (χ1v) is 7.36. The molecule has 5 nitrogen and oxygen atoms in total. The molecule has 0 spiro atoms. The molecule has 0 amide bonds. The highest BCUT2D eigenvalue weighted by atomic mass is 16.5. The summed E-state index contributed by atoms with van der Waals surface area (Å²) in [6.45, 7) is 4.59. The summed E-state index contributed by atoms with van der Waals surface area (Å²) >= 11 is 0. The van der Waals surface area contributed by atoms with Gasteiger partial charge in [0, 0.05) is 30.2 Å². The van der Waals surface area contributed by atoms with Gasteiger partial charge in [0.05, 0.1) is 27.9 Å². The molecule has 0 bridgehead atoms. The monoisotopic (exact) mass is 295 g/mol.